The van der Waals surface area contributed by atoms with Gasteiger partial charge in [-0.1, -0.05) is 46.0 Å². The van der Waals surface area contributed by atoms with E-state index in [0.717, 1.165) is 38.5 Å². The average molecular weight is 509 g/mol. The molecule has 10 nitrogen and oxygen atoms in total. The standard InChI is InChI=1S/C26H44N4O6/c1-16(2)14-20(23(33)28-19(15-17-11-12-17)21(31)22(27)32)30-13-9-7-6-8-10-18(24(30)34)29-25(35)36-26(3,4)5/h16-20H,6-15H2,1-5H3,(H2,27,32)(H,28,33)(H,29,35)/t18-,19-,20-/m0/s1. The summed E-state index contributed by atoms with van der Waals surface area (Å²) in [4.78, 5) is 65.3. The van der Waals surface area contributed by atoms with E-state index >= 15 is 0 Å². The lowest BCUT2D eigenvalue weighted by molar-refractivity contribution is -0.144. The number of rotatable bonds is 10. The molecular weight excluding hydrogens is 464 g/mol. The Balaban J connectivity index is 2.28. The number of alkyl carbamates (subject to hydrolysis) is 1. The number of Topliss-reactive ketones (excluding diaryl/α,β-unsaturated/α-hetero) is 1. The number of hydrogen-bond donors (Lipinski definition) is 3. The van der Waals surface area contributed by atoms with Crippen LogP contribution in [0.4, 0.5) is 4.79 Å². The van der Waals surface area contributed by atoms with Crippen LogP contribution in [0.3, 0.4) is 0 Å². The molecule has 0 aromatic carbocycles. The minimum atomic E-state index is -1.08. The van der Waals surface area contributed by atoms with Gasteiger partial charge in [0.15, 0.2) is 0 Å². The molecule has 0 spiro atoms. The maximum Gasteiger partial charge on any atom is 0.408 e. The van der Waals surface area contributed by atoms with Gasteiger partial charge in [-0.05, 0) is 58.3 Å². The molecule has 1 aliphatic carbocycles. The first kappa shape index (κ1) is 29.6. The maximum absolute atomic E-state index is 13.7. The smallest absolute Gasteiger partial charge is 0.408 e. The Morgan fingerprint density at radius 3 is 2.25 bits per heavy atom. The average Bonchev–Trinajstić information content (AvgIpc) is 3.56. The zero-order chi connectivity index (χ0) is 27.0. The molecule has 36 heavy (non-hydrogen) atoms. The van der Waals surface area contributed by atoms with Crippen molar-refractivity contribution < 1.29 is 28.7 Å². The van der Waals surface area contributed by atoms with Crippen LogP contribution in [0.1, 0.15) is 92.4 Å². The number of hydrogen-bond acceptors (Lipinski definition) is 6. The van der Waals surface area contributed by atoms with Crippen molar-refractivity contribution in [3.63, 3.8) is 0 Å². The molecule has 0 radical (unpaired) electrons. The zero-order valence-corrected chi connectivity index (χ0v) is 22.4. The maximum atomic E-state index is 13.7. The molecule has 0 bridgehead atoms. The summed E-state index contributed by atoms with van der Waals surface area (Å²) < 4.78 is 5.36. The molecule has 2 rings (SSSR count). The second kappa shape index (κ2) is 13.1. The number of carbonyl (C=O) groups is 5. The fourth-order valence-electron chi connectivity index (χ4n) is 4.49. The second-order valence-electron chi connectivity index (χ2n) is 11.5. The lowest BCUT2D eigenvalue weighted by Gasteiger charge is -2.35. The predicted molar refractivity (Wildman–Crippen MR) is 135 cm³/mol. The summed E-state index contributed by atoms with van der Waals surface area (Å²) in [5.74, 6) is -2.37. The first-order valence-corrected chi connectivity index (χ1v) is 13.2. The van der Waals surface area contributed by atoms with Gasteiger partial charge in [-0.2, -0.15) is 0 Å². The van der Waals surface area contributed by atoms with E-state index in [0.29, 0.717) is 25.8 Å². The lowest BCUT2D eigenvalue weighted by atomic mass is 9.98. The molecule has 10 heteroatoms. The van der Waals surface area contributed by atoms with E-state index in [-0.39, 0.29) is 17.7 Å². The van der Waals surface area contributed by atoms with Crippen molar-refractivity contribution in [2.45, 2.75) is 116 Å². The molecule has 204 valence electrons. The van der Waals surface area contributed by atoms with Crippen molar-refractivity contribution in [1.29, 1.82) is 0 Å². The first-order chi connectivity index (χ1) is 16.8. The van der Waals surface area contributed by atoms with E-state index in [9.17, 15) is 24.0 Å². The van der Waals surface area contributed by atoms with Crippen LogP contribution >= 0.6 is 0 Å². The Kier molecular flexibility index (Phi) is 10.7. The van der Waals surface area contributed by atoms with Crippen LogP contribution in [-0.4, -0.2) is 64.8 Å². The molecule has 0 unspecified atom stereocenters. The number of primary amides is 1. The fraction of sp³-hybridized carbons (Fsp3) is 0.808. The Hall–Kier alpha value is -2.65. The zero-order valence-electron chi connectivity index (χ0n) is 22.4. The lowest BCUT2D eigenvalue weighted by Crippen LogP contribution is -2.58. The monoisotopic (exact) mass is 508 g/mol. The van der Waals surface area contributed by atoms with E-state index in [1.807, 2.05) is 13.8 Å². The summed E-state index contributed by atoms with van der Waals surface area (Å²) in [5, 5.41) is 5.44. The van der Waals surface area contributed by atoms with Gasteiger partial charge in [0, 0.05) is 6.54 Å². The third-order valence-corrected chi connectivity index (χ3v) is 6.43. The molecule has 0 aromatic rings. The van der Waals surface area contributed by atoms with Gasteiger partial charge in [-0.25, -0.2) is 4.79 Å². The minimum absolute atomic E-state index is 0.0761. The van der Waals surface area contributed by atoms with Gasteiger partial charge in [0.1, 0.15) is 17.7 Å². The highest BCUT2D eigenvalue weighted by Crippen LogP contribution is 2.33. The van der Waals surface area contributed by atoms with Crippen molar-refractivity contribution in [2.75, 3.05) is 6.54 Å². The molecule has 3 atom stereocenters. The Morgan fingerprint density at radius 1 is 1.06 bits per heavy atom. The van der Waals surface area contributed by atoms with Gasteiger partial charge in [-0.3, -0.25) is 19.2 Å². The highest BCUT2D eigenvalue weighted by Gasteiger charge is 2.38. The van der Waals surface area contributed by atoms with E-state index in [2.05, 4.69) is 10.6 Å². The summed E-state index contributed by atoms with van der Waals surface area (Å²) >= 11 is 0. The Labute approximate surface area is 214 Å². The predicted octanol–water partition coefficient (Wildman–Crippen LogP) is 2.43. The van der Waals surface area contributed by atoms with Gasteiger partial charge in [0.2, 0.25) is 17.6 Å². The van der Waals surface area contributed by atoms with E-state index in [1.54, 1.807) is 20.8 Å². The Morgan fingerprint density at radius 2 is 1.69 bits per heavy atom. The van der Waals surface area contributed by atoms with Gasteiger partial charge in [0.25, 0.3) is 5.91 Å². The minimum Gasteiger partial charge on any atom is -0.444 e. The molecule has 1 heterocycles. The molecule has 1 saturated heterocycles. The summed E-state index contributed by atoms with van der Waals surface area (Å²) in [5.41, 5.74) is 4.52. The van der Waals surface area contributed by atoms with E-state index in [4.69, 9.17) is 10.5 Å². The second-order valence-corrected chi connectivity index (χ2v) is 11.5. The van der Waals surface area contributed by atoms with Gasteiger partial charge < -0.3 is 26.0 Å². The van der Waals surface area contributed by atoms with Gasteiger partial charge >= 0.3 is 6.09 Å². The van der Waals surface area contributed by atoms with Crippen molar-refractivity contribution in [3.8, 4) is 0 Å². The Bertz CT molecular complexity index is 818. The molecule has 2 fully saturated rings. The summed E-state index contributed by atoms with van der Waals surface area (Å²) in [6.45, 7) is 9.50. The topological polar surface area (TPSA) is 148 Å². The van der Waals surface area contributed by atoms with Crippen LogP contribution in [0.2, 0.25) is 0 Å². The van der Waals surface area contributed by atoms with Crippen LogP contribution in [0.15, 0.2) is 0 Å². The number of ether oxygens (including phenoxy) is 1. The molecule has 4 N–H and O–H groups in total. The highest BCUT2D eigenvalue weighted by molar-refractivity contribution is 6.37. The number of nitrogens with one attached hydrogen (secondary N) is 2. The quantitative estimate of drug-likeness (QED) is 0.386. The third-order valence-electron chi connectivity index (χ3n) is 6.43. The van der Waals surface area contributed by atoms with Crippen LogP contribution in [0.25, 0.3) is 0 Å². The molecule has 2 aliphatic rings. The SMILES string of the molecule is CC(C)C[C@@H](C(=O)N[C@@H](CC1CC1)C(=O)C(N)=O)N1CCCCCC[C@H](NC(=O)OC(C)(C)C)C1=O. The van der Waals surface area contributed by atoms with Crippen LogP contribution in [0.5, 0.6) is 0 Å². The number of nitrogens with two attached hydrogens (primary N) is 1. The van der Waals surface area contributed by atoms with Crippen molar-refractivity contribution in [2.24, 2.45) is 17.6 Å². The molecule has 4 amide bonds. The van der Waals surface area contributed by atoms with Crippen molar-refractivity contribution >= 4 is 29.6 Å². The van der Waals surface area contributed by atoms with Gasteiger partial charge in [-0.15, -0.1) is 0 Å². The highest BCUT2D eigenvalue weighted by atomic mass is 16.6. The van der Waals surface area contributed by atoms with Gasteiger partial charge in [0.05, 0.1) is 6.04 Å². The summed E-state index contributed by atoms with van der Waals surface area (Å²) in [6, 6.07) is -2.67. The number of carbonyl (C=O) groups excluding carboxylic acids is 5. The summed E-state index contributed by atoms with van der Waals surface area (Å²) in [6.07, 6.45) is 5.66. The normalized spacial score (nSPS) is 21.0. The van der Waals surface area contributed by atoms with Crippen LogP contribution in [0, 0.1) is 11.8 Å². The molecule has 0 aromatic heterocycles. The van der Waals surface area contributed by atoms with Crippen LogP contribution < -0.4 is 16.4 Å². The van der Waals surface area contributed by atoms with Crippen molar-refractivity contribution in [1.82, 2.24) is 15.5 Å². The molecule has 1 aliphatic heterocycles. The number of nitrogens with zero attached hydrogens (tertiary/aromatic N) is 1. The fourth-order valence-corrected chi connectivity index (χ4v) is 4.49. The van der Waals surface area contributed by atoms with E-state index in [1.165, 1.54) is 4.90 Å². The molecule has 1 saturated carbocycles. The van der Waals surface area contributed by atoms with Crippen LogP contribution in [-0.2, 0) is 23.9 Å². The summed E-state index contributed by atoms with van der Waals surface area (Å²) in [7, 11) is 0. The molecular formula is C26H44N4O6. The van der Waals surface area contributed by atoms with Crippen molar-refractivity contribution in [3.05, 3.63) is 0 Å². The number of ketones is 1. The number of amides is 4. The third kappa shape index (κ3) is 9.78. The first-order valence-electron chi connectivity index (χ1n) is 13.2. The van der Waals surface area contributed by atoms with E-state index < -0.39 is 47.4 Å². The largest absolute Gasteiger partial charge is 0.444 e.